The molecule has 0 radical (unpaired) electrons. The van der Waals surface area contributed by atoms with Gasteiger partial charge in [0.25, 0.3) is 0 Å². The van der Waals surface area contributed by atoms with Gasteiger partial charge in [-0.25, -0.2) is 0 Å². The Bertz CT molecular complexity index is 566. The maximum absolute atomic E-state index is 11.1. The van der Waals surface area contributed by atoms with Crippen molar-refractivity contribution >= 4 is 25.1 Å². The highest BCUT2D eigenvalue weighted by Crippen LogP contribution is 2.31. The Morgan fingerprint density at radius 3 is 2.12 bits per heavy atom. The second kappa shape index (κ2) is 5.08. The van der Waals surface area contributed by atoms with Crippen LogP contribution in [0.5, 0.6) is 0 Å². The van der Waals surface area contributed by atoms with Crippen LogP contribution in [0.15, 0.2) is 43.5 Å². The molecule has 0 aliphatic carbocycles. The summed E-state index contributed by atoms with van der Waals surface area (Å²) >= 11 is 0. The van der Waals surface area contributed by atoms with E-state index >= 15 is 0 Å². The molecule has 16 heavy (non-hydrogen) atoms. The number of hydrogen-bond donors (Lipinski definition) is 2. The van der Waals surface area contributed by atoms with Gasteiger partial charge in [0.05, 0.1) is 5.30 Å². The van der Waals surface area contributed by atoms with Gasteiger partial charge in [-0.15, -0.1) is 0 Å². The zero-order chi connectivity index (χ0) is 12.2. The van der Waals surface area contributed by atoms with Crippen molar-refractivity contribution in [1.82, 2.24) is 0 Å². The van der Waals surface area contributed by atoms with Crippen LogP contribution >= 0.6 is 7.60 Å². The van der Waals surface area contributed by atoms with Gasteiger partial charge in [-0.05, 0) is 22.6 Å². The van der Waals surface area contributed by atoms with Crippen LogP contribution in [-0.4, -0.2) is 9.79 Å². The van der Waals surface area contributed by atoms with Crippen LogP contribution in [0.25, 0.3) is 12.2 Å². The van der Waals surface area contributed by atoms with E-state index in [2.05, 4.69) is 13.2 Å². The Kier molecular flexibility index (Phi) is 4.02. The highest BCUT2D eigenvalue weighted by atomic mass is 31.2. The molecule has 0 saturated heterocycles. The first-order valence-corrected chi connectivity index (χ1v) is 6.22. The molecule has 84 valence electrons. The van der Waals surface area contributed by atoms with Gasteiger partial charge in [-0.3, -0.25) is 4.57 Å². The van der Waals surface area contributed by atoms with E-state index in [4.69, 9.17) is 9.79 Å². The van der Waals surface area contributed by atoms with Crippen LogP contribution < -0.4 is 15.7 Å². The number of allylic oxidation sites excluding steroid dienone is 2. The van der Waals surface area contributed by atoms with Gasteiger partial charge in [0, 0.05) is 0 Å². The molecule has 1 aromatic carbocycles. The number of benzene rings is 1. The second-order valence-corrected chi connectivity index (χ2v) is 4.77. The molecule has 0 aliphatic heterocycles. The molecule has 0 atom stereocenters. The lowest BCUT2D eigenvalue weighted by Crippen LogP contribution is -2.28. The summed E-state index contributed by atoms with van der Waals surface area (Å²) in [5.41, 5.74) is 0. The molecular weight excluding hydrogens is 223 g/mol. The van der Waals surface area contributed by atoms with Gasteiger partial charge in [0.2, 0.25) is 0 Å². The predicted molar refractivity (Wildman–Crippen MR) is 66.7 cm³/mol. The van der Waals surface area contributed by atoms with Crippen LogP contribution in [0.3, 0.4) is 0 Å². The fourth-order valence-electron chi connectivity index (χ4n) is 1.29. The van der Waals surface area contributed by atoms with E-state index in [0.29, 0.717) is 5.22 Å². The average molecular weight is 236 g/mol. The van der Waals surface area contributed by atoms with Crippen LogP contribution in [0.4, 0.5) is 0 Å². The molecule has 0 fully saturated rings. The minimum Gasteiger partial charge on any atom is -0.321 e. The van der Waals surface area contributed by atoms with Crippen molar-refractivity contribution in [3.63, 3.8) is 0 Å². The van der Waals surface area contributed by atoms with E-state index in [-0.39, 0.29) is 5.30 Å². The fourth-order valence-corrected chi connectivity index (χ4v) is 1.87. The van der Waals surface area contributed by atoms with Crippen LogP contribution in [0, 0.1) is 0 Å². The Morgan fingerprint density at radius 2 is 1.62 bits per heavy atom. The summed E-state index contributed by atoms with van der Waals surface area (Å²) in [7, 11) is -4.20. The molecule has 4 heteroatoms. The summed E-state index contributed by atoms with van der Waals surface area (Å²) in [6.07, 6.45) is 6.64. The largest absolute Gasteiger partial charge is 0.356 e. The molecule has 1 aromatic rings. The fraction of sp³-hybridized carbons (Fsp3) is 0. The quantitative estimate of drug-likeness (QED) is 0.748. The minimum atomic E-state index is -4.20. The van der Waals surface area contributed by atoms with Crippen molar-refractivity contribution in [2.75, 3.05) is 0 Å². The lowest BCUT2D eigenvalue weighted by atomic mass is 10.2. The summed E-state index contributed by atoms with van der Waals surface area (Å²) in [4.78, 5) is 18.1. The molecule has 0 spiro atoms. The highest BCUT2D eigenvalue weighted by Gasteiger charge is 2.15. The van der Waals surface area contributed by atoms with Crippen molar-refractivity contribution in [3.8, 4) is 0 Å². The number of rotatable bonds is 3. The molecular formula is C12H13O3P. The summed E-state index contributed by atoms with van der Waals surface area (Å²) in [5, 5.41) is 1.55. The van der Waals surface area contributed by atoms with Gasteiger partial charge >= 0.3 is 7.60 Å². The Morgan fingerprint density at radius 1 is 1.06 bits per heavy atom. The first-order chi connectivity index (χ1) is 7.49. The predicted octanol–water partition coefficient (Wildman–Crippen LogP) is 0.423. The molecule has 0 bridgehead atoms. The summed E-state index contributed by atoms with van der Waals surface area (Å²) in [6.45, 7) is 7.14. The topological polar surface area (TPSA) is 57.5 Å². The molecule has 2 N–H and O–H groups in total. The average Bonchev–Trinajstić information content (AvgIpc) is 2.19. The van der Waals surface area contributed by atoms with Gasteiger partial charge < -0.3 is 9.79 Å². The minimum absolute atomic E-state index is 0.00168. The van der Waals surface area contributed by atoms with Crippen molar-refractivity contribution in [2.45, 2.75) is 0 Å². The molecule has 0 aromatic heterocycles. The molecule has 0 unspecified atom stereocenters. The van der Waals surface area contributed by atoms with E-state index in [1.54, 1.807) is 30.4 Å². The van der Waals surface area contributed by atoms with E-state index in [0.717, 1.165) is 5.22 Å². The van der Waals surface area contributed by atoms with Crippen molar-refractivity contribution in [3.05, 3.63) is 53.9 Å². The van der Waals surface area contributed by atoms with E-state index in [1.165, 1.54) is 12.1 Å². The standard InChI is InChI=1S/C12H13O3P/c1-3-5-10-7-8-12(16(13,14)15)9-11(10)6-4-2/h3-9H,1-2H2,(H2,13,14,15)/b10-5-,11-6-. The molecule has 0 aliphatic rings. The van der Waals surface area contributed by atoms with Crippen LogP contribution in [-0.2, 0) is 4.57 Å². The van der Waals surface area contributed by atoms with Gasteiger partial charge in [0.1, 0.15) is 0 Å². The van der Waals surface area contributed by atoms with Crippen molar-refractivity contribution < 1.29 is 14.4 Å². The van der Waals surface area contributed by atoms with Crippen LogP contribution in [0.1, 0.15) is 0 Å². The Balaban J connectivity index is 3.59. The summed E-state index contributed by atoms with van der Waals surface area (Å²) in [6, 6.07) is 4.51. The maximum atomic E-state index is 11.1. The van der Waals surface area contributed by atoms with Crippen molar-refractivity contribution in [1.29, 1.82) is 0 Å². The normalized spacial score (nSPS) is 13.9. The number of hydrogen-bond acceptors (Lipinski definition) is 1. The molecule has 0 heterocycles. The zero-order valence-corrected chi connectivity index (χ0v) is 9.60. The smallest absolute Gasteiger partial charge is 0.321 e. The Hall–Kier alpha value is -1.41. The maximum Gasteiger partial charge on any atom is 0.356 e. The first-order valence-electron chi connectivity index (χ1n) is 4.60. The Labute approximate surface area is 93.9 Å². The van der Waals surface area contributed by atoms with E-state index in [9.17, 15) is 4.57 Å². The zero-order valence-electron chi connectivity index (χ0n) is 8.71. The summed E-state index contributed by atoms with van der Waals surface area (Å²) in [5.74, 6) is 0. The summed E-state index contributed by atoms with van der Waals surface area (Å²) < 4.78 is 11.1. The van der Waals surface area contributed by atoms with E-state index < -0.39 is 7.60 Å². The highest BCUT2D eigenvalue weighted by molar-refractivity contribution is 7.60. The third-order valence-corrected chi connectivity index (χ3v) is 2.95. The molecule has 0 saturated carbocycles. The molecule has 3 nitrogen and oxygen atoms in total. The van der Waals surface area contributed by atoms with Gasteiger partial charge in [0.15, 0.2) is 0 Å². The lowest BCUT2D eigenvalue weighted by molar-refractivity contribution is 0.387. The van der Waals surface area contributed by atoms with Gasteiger partial charge in [-0.2, -0.15) is 0 Å². The van der Waals surface area contributed by atoms with Crippen LogP contribution in [0.2, 0.25) is 0 Å². The van der Waals surface area contributed by atoms with Gasteiger partial charge in [-0.1, -0.05) is 43.5 Å². The van der Waals surface area contributed by atoms with E-state index in [1.807, 2.05) is 0 Å². The molecule has 1 rings (SSSR count). The third kappa shape index (κ3) is 3.04. The first kappa shape index (κ1) is 12.7. The SMILES string of the molecule is C=C/C=c1/ccc(P(=O)(O)O)c/c1=C/C=C. The molecule has 0 amide bonds. The second-order valence-electron chi connectivity index (χ2n) is 3.16. The lowest BCUT2D eigenvalue weighted by Gasteiger charge is -2.03. The van der Waals surface area contributed by atoms with Crippen molar-refractivity contribution in [2.24, 2.45) is 0 Å². The third-order valence-electron chi connectivity index (χ3n) is 2.00. The monoisotopic (exact) mass is 236 g/mol.